The molecule has 3 nitrogen and oxygen atoms in total. The second kappa shape index (κ2) is 5.91. The van der Waals surface area contributed by atoms with E-state index >= 15 is 0 Å². The Morgan fingerprint density at radius 1 is 1.46 bits per heavy atom. The highest BCUT2D eigenvalue weighted by atomic mass is 79.9. The van der Waals surface area contributed by atoms with E-state index in [1.54, 1.807) is 6.33 Å². The number of nitrogens with zero attached hydrogens (tertiary/aromatic N) is 2. The van der Waals surface area contributed by atoms with Crippen LogP contribution in [0.5, 0.6) is 0 Å². The van der Waals surface area contributed by atoms with Gasteiger partial charge in [-0.15, -0.1) is 0 Å². The molecule has 0 saturated heterocycles. The highest BCUT2D eigenvalue weighted by Crippen LogP contribution is 2.04. The summed E-state index contributed by atoms with van der Waals surface area (Å²) in [5.41, 5.74) is 1.08. The molecule has 0 aliphatic heterocycles. The second-order valence-corrected chi connectivity index (χ2v) is 3.51. The summed E-state index contributed by atoms with van der Waals surface area (Å²) in [5.74, 6) is 0.924. The van der Waals surface area contributed by atoms with Gasteiger partial charge in [-0.1, -0.05) is 22.9 Å². The van der Waals surface area contributed by atoms with E-state index in [2.05, 4.69) is 38.1 Å². The lowest BCUT2D eigenvalue weighted by molar-refractivity contribution is 0.958. The topological polar surface area (TPSA) is 37.8 Å². The normalized spacial score (nSPS) is 10.0. The van der Waals surface area contributed by atoms with E-state index in [0.717, 1.165) is 36.2 Å². The summed E-state index contributed by atoms with van der Waals surface area (Å²) < 4.78 is 0. The Morgan fingerprint density at radius 3 is 3.00 bits per heavy atom. The van der Waals surface area contributed by atoms with Crippen LogP contribution in [0.4, 0.5) is 5.82 Å². The van der Waals surface area contributed by atoms with Crippen LogP contribution in [0, 0.1) is 0 Å². The molecule has 4 heteroatoms. The molecule has 13 heavy (non-hydrogen) atoms. The quantitative estimate of drug-likeness (QED) is 0.637. The van der Waals surface area contributed by atoms with Gasteiger partial charge in [0.1, 0.15) is 12.1 Å². The molecule has 1 N–H and O–H groups in total. The lowest BCUT2D eigenvalue weighted by atomic mass is 10.3. The van der Waals surface area contributed by atoms with Crippen molar-refractivity contribution in [3.05, 3.63) is 18.1 Å². The summed E-state index contributed by atoms with van der Waals surface area (Å²) in [5, 5.41) is 4.26. The number of rotatable bonds is 5. The largest absolute Gasteiger partial charge is 0.370 e. The van der Waals surface area contributed by atoms with Gasteiger partial charge in [-0.3, -0.25) is 0 Å². The molecule has 72 valence electrons. The standard InChI is InChI=1S/C9H14BrN3/c1-2-8-6-9(13-7-12-8)11-5-3-4-10/h6-7H,2-5H2,1H3,(H,11,12,13). The molecule has 0 atom stereocenters. The third-order valence-electron chi connectivity index (χ3n) is 1.70. The van der Waals surface area contributed by atoms with E-state index in [0.29, 0.717) is 0 Å². The predicted molar refractivity (Wildman–Crippen MR) is 58.3 cm³/mol. The molecule has 0 bridgehead atoms. The van der Waals surface area contributed by atoms with Crippen molar-refractivity contribution < 1.29 is 0 Å². The second-order valence-electron chi connectivity index (χ2n) is 2.72. The van der Waals surface area contributed by atoms with Crippen molar-refractivity contribution in [3.8, 4) is 0 Å². The number of alkyl halides is 1. The number of aryl methyl sites for hydroxylation is 1. The Morgan fingerprint density at radius 2 is 2.31 bits per heavy atom. The smallest absolute Gasteiger partial charge is 0.129 e. The third-order valence-corrected chi connectivity index (χ3v) is 2.26. The molecule has 1 aromatic heterocycles. The van der Waals surface area contributed by atoms with Crippen molar-refractivity contribution in [3.63, 3.8) is 0 Å². The van der Waals surface area contributed by atoms with Crippen molar-refractivity contribution in [1.82, 2.24) is 9.97 Å². The minimum absolute atomic E-state index is 0.924. The van der Waals surface area contributed by atoms with Crippen LogP contribution >= 0.6 is 15.9 Å². The van der Waals surface area contributed by atoms with Gasteiger partial charge in [-0.2, -0.15) is 0 Å². The minimum atomic E-state index is 0.924. The van der Waals surface area contributed by atoms with Gasteiger partial charge < -0.3 is 5.32 Å². The molecular weight excluding hydrogens is 230 g/mol. The SMILES string of the molecule is CCc1cc(NCCCBr)ncn1. The Hall–Kier alpha value is -0.640. The first kappa shape index (κ1) is 10.4. The van der Waals surface area contributed by atoms with Gasteiger partial charge in [0.25, 0.3) is 0 Å². The van der Waals surface area contributed by atoms with Gasteiger partial charge in [0.05, 0.1) is 0 Å². The average Bonchev–Trinajstić information content (AvgIpc) is 2.19. The number of aromatic nitrogens is 2. The molecule has 0 unspecified atom stereocenters. The Balaban J connectivity index is 2.46. The zero-order chi connectivity index (χ0) is 9.52. The number of nitrogens with one attached hydrogen (secondary N) is 1. The van der Waals surface area contributed by atoms with Crippen molar-refractivity contribution in [2.75, 3.05) is 17.2 Å². The van der Waals surface area contributed by atoms with Gasteiger partial charge in [0.2, 0.25) is 0 Å². The summed E-state index contributed by atoms with van der Waals surface area (Å²) in [7, 11) is 0. The first-order chi connectivity index (χ1) is 6.36. The van der Waals surface area contributed by atoms with Crippen LogP contribution in [0.3, 0.4) is 0 Å². The highest BCUT2D eigenvalue weighted by molar-refractivity contribution is 9.09. The maximum Gasteiger partial charge on any atom is 0.129 e. The first-order valence-corrected chi connectivity index (χ1v) is 5.59. The Labute approximate surface area is 87.1 Å². The van der Waals surface area contributed by atoms with Crippen molar-refractivity contribution in [1.29, 1.82) is 0 Å². The van der Waals surface area contributed by atoms with Crippen LogP contribution in [0.15, 0.2) is 12.4 Å². The van der Waals surface area contributed by atoms with Gasteiger partial charge in [-0.05, 0) is 12.8 Å². The fourth-order valence-corrected chi connectivity index (χ4v) is 1.25. The maximum atomic E-state index is 4.13. The van der Waals surface area contributed by atoms with Gasteiger partial charge in [-0.25, -0.2) is 9.97 Å². The molecule has 0 amide bonds. The molecule has 0 saturated carbocycles. The van der Waals surface area contributed by atoms with Crippen LogP contribution in [-0.4, -0.2) is 21.8 Å². The number of halogens is 1. The molecule has 0 spiro atoms. The van der Waals surface area contributed by atoms with Gasteiger partial charge in [0, 0.05) is 23.6 Å². The van der Waals surface area contributed by atoms with E-state index in [4.69, 9.17) is 0 Å². The summed E-state index contributed by atoms with van der Waals surface area (Å²) in [6, 6.07) is 1.99. The summed E-state index contributed by atoms with van der Waals surface area (Å²) in [6.45, 7) is 3.04. The molecule has 0 aromatic carbocycles. The number of hydrogen-bond acceptors (Lipinski definition) is 3. The summed E-state index contributed by atoms with van der Waals surface area (Å²) >= 11 is 3.38. The zero-order valence-electron chi connectivity index (χ0n) is 7.76. The van der Waals surface area contributed by atoms with Gasteiger partial charge >= 0.3 is 0 Å². The monoisotopic (exact) mass is 243 g/mol. The average molecular weight is 244 g/mol. The van der Waals surface area contributed by atoms with Crippen LogP contribution in [0.2, 0.25) is 0 Å². The molecule has 0 aliphatic rings. The lowest BCUT2D eigenvalue weighted by Gasteiger charge is -2.04. The highest BCUT2D eigenvalue weighted by Gasteiger charge is 1.95. The van der Waals surface area contributed by atoms with E-state index in [-0.39, 0.29) is 0 Å². The van der Waals surface area contributed by atoms with Crippen molar-refractivity contribution >= 4 is 21.7 Å². The van der Waals surface area contributed by atoms with Gasteiger partial charge in [0.15, 0.2) is 0 Å². The first-order valence-electron chi connectivity index (χ1n) is 4.47. The predicted octanol–water partition coefficient (Wildman–Crippen LogP) is 2.24. The number of anilines is 1. The van der Waals surface area contributed by atoms with E-state index in [1.165, 1.54) is 0 Å². The molecule has 1 aromatic rings. The lowest BCUT2D eigenvalue weighted by Crippen LogP contribution is -2.04. The molecule has 0 radical (unpaired) electrons. The summed E-state index contributed by atoms with van der Waals surface area (Å²) in [4.78, 5) is 8.25. The van der Waals surface area contributed by atoms with E-state index in [9.17, 15) is 0 Å². The molecule has 1 rings (SSSR count). The van der Waals surface area contributed by atoms with Crippen LogP contribution < -0.4 is 5.32 Å². The molecule has 0 fully saturated rings. The molecule has 0 aliphatic carbocycles. The van der Waals surface area contributed by atoms with Crippen LogP contribution in [0.1, 0.15) is 19.0 Å². The van der Waals surface area contributed by atoms with E-state index in [1.807, 2.05) is 6.07 Å². The maximum absolute atomic E-state index is 4.13. The third kappa shape index (κ3) is 3.72. The van der Waals surface area contributed by atoms with Crippen LogP contribution in [0.25, 0.3) is 0 Å². The van der Waals surface area contributed by atoms with Crippen molar-refractivity contribution in [2.24, 2.45) is 0 Å². The molecular formula is C9H14BrN3. The Kier molecular flexibility index (Phi) is 4.75. The van der Waals surface area contributed by atoms with Crippen LogP contribution in [-0.2, 0) is 6.42 Å². The fourth-order valence-electron chi connectivity index (χ4n) is 0.971. The molecule has 1 heterocycles. The van der Waals surface area contributed by atoms with Crippen molar-refractivity contribution in [2.45, 2.75) is 19.8 Å². The Bertz CT molecular complexity index is 252. The minimum Gasteiger partial charge on any atom is -0.370 e. The number of hydrogen-bond donors (Lipinski definition) is 1. The zero-order valence-corrected chi connectivity index (χ0v) is 9.34. The summed E-state index contributed by atoms with van der Waals surface area (Å²) in [6.07, 6.45) is 3.66. The van der Waals surface area contributed by atoms with E-state index < -0.39 is 0 Å². The fraction of sp³-hybridized carbons (Fsp3) is 0.556.